The Kier molecular flexibility index (Phi) is 5.96. The Bertz CT molecular complexity index is 860. The second kappa shape index (κ2) is 8.41. The van der Waals surface area contributed by atoms with Gasteiger partial charge < -0.3 is 0 Å². The molecule has 4 aliphatic heterocycles. The monoisotopic (exact) mass is 483 g/mol. The van der Waals surface area contributed by atoms with Crippen LogP contribution in [0, 0.1) is 0 Å². The van der Waals surface area contributed by atoms with Crippen LogP contribution in [0.3, 0.4) is 0 Å². The predicted molar refractivity (Wildman–Crippen MR) is 133 cm³/mol. The van der Waals surface area contributed by atoms with Gasteiger partial charge in [0.25, 0.3) is 0 Å². The van der Waals surface area contributed by atoms with Gasteiger partial charge in [0.2, 0.25) is 0 Å². The zero-order valence-electron chi connectivity index (χ0n) is 12.9. The number of pyridine rings is 1. The molecular formula is C17H9NS8. The van der Waals surface area contributed by atoms with Crippen molar-refractivity contribution in [2.75, 3.05) is 0 Å². The van der Waals surface area contributed by atoms with E-state index in [0.717, 1.165) is 11.4 Å². The molecule has 9 heteroatoms. The van der Waals surface area contributed by atoms with Crippen molar-refractivity contribution in [1.82, 2.24) is 4.98 Å². The van der Waals surface area contributed by atoms with E-state index < -0.39 is 0 Å². The smallest absolute Gasteiger partial charge is 0.0782 e. The molecule has 5 heterocycles. The normalized spacial score (nSPS) is 22.0. The van der Waals surface area contributed by atoms with Crippen molar-refractivity contribution in [2.24, 2.45) is 0 Å². The quantitative estimate of drug-likeness (QED) is 0.405. The fourth-order valence-electron chi connectivity index (χ4n) is 2.23. The van der Waals surface area contributed by atoms with Crippen LogP contribution < -0.4 is 0 Å². The minimum atomic E-state index is 1.07. The van der Waals surface area contributed by atoms with Gasteiger partial charge in [-0.25, -0.2) is 4.98 Å². The molecule has 5 rings (SSSR count). The Morgan fingerprint density at radius 2 is 1.00 bits per heavy atom. The first-order valence-corrected chi connectivity index (χ1v) is 14.3. The van der Waals surface area contributed by atoms with Gasteiger partial charge in [-0.05, 0) is 44.6 Å². The van der Waals surface area contributed by atoms with Crippen molar-refractivity contribution in [3.05, 3.63) is 79.0 Å². The van der Waals surface area contributed by atoms with E-state index in [1.807, 2.05) is 94.1 Å². The predicted octanol–water partition coefficient (Wildman–Crippen LogP) is 8.79. The van der Waals surface area contributed by atoms with Gasteiger partial charge in [0.1, 0.15) is 0 Å². The summed E-state index contributed by atoms with van der Waals surface area (Å²) < 4.78 is 5.49. The van der Waals surface area contributed by atoms with E-state index in [0.29, 0.717) is 0 Å². The number of hydrogen-bond acceptors (Lipinski definition) is 9. The lowest BCUT2D eigenvalue weighted by Crippen LogP contribution is -1.90. The molecule has 0 aromatic carbocycles. The first kappa shape index (κ1) is 18.4. The van der Waals surface area contributed by atoms with E-state index in [2.05, 4.69) is 50.6 Å². The fourth-order valence-corrected chi connectivity index (χ4v) is 11.1. The molecule has 0 unspecified atom stereocenters. The summed E-state index contributed by atoms with van der Waals surface area (Å²) in [5.74, 6) is 0. The molecule has 1 aromatic rings. The molecule has 0 N–H and O–H groups in total. The summed E-state index contributed by atoms with van der Waals surface area (Å²) in [5, 5.41) is 13.1. The molecule has 0 saturated heterocycles. The van der Waals surface area contributed by atoms with Crippen LogP contribution >= 0.6 is 94.1 Å². The molecule has 4 aliphatic rings. The van der Waals surface area contributed by atoms with Gasteiger partial charge in [-0.3, -0.25) is 0 Å². The Labute approximate surface area is 186 Å². The fraction of sp³-hybridized carbons (Fsp3) is 0. The first-order chi connectivity index (χ1) is 12.9. The Morgan fingerprint density at radius 1 is 0.538 bits per heavy atom. The summed E-state index contributed by atoms with van der Waals surface area (Å²) in [6, 6.07) is 6.35. The van der Waals surface area contributed by atoms with Crippen LogP contribution in [0.4, 0.5) is 0 Å². The molecular weight excluding hydrogens is 475 g/mol. The number of nitrogens with zero attached hydrogens (tertiary/aromatic N) is 1. The lowest BCUT2D eigenvalue weighted by Gasteiger charge is -2.06. The summed E-state index contributed by atoms with van der Waals surface area (Å²) in [4.78, 5) is 7.44. The van der Waals surface area contributed by atoms with Crippen LogP contribution in [0.5, 0.6) is 0 Å². The van der Waals surface area contributed by atoms with E-state index in [1.54, 1.807) is 0 Å². The summed E-state index contributed by atoms with van der Waals surface area (Å²) >= 11 is 14.5. The van der Waals surface area contributed by atoms with E-state index in [-0.39, 0.29) is 0 Å². The third-order valence-corrected chi connectivity index (χ3v) is 13.4. The molecule has 0 aliphatic carbocycles. The first-order valence-electron chi connectivity index (χ1n) is 7.39. The lowest BCUT2D eigenvalue weighted by atomic mass is 10.3. The second-order valence-corrected chi connectivity index (χ2v) is 13.5. The third kappa shape index (κ3) is 3.91. The SMILES string of the molecule is C1=CSC(=C2SC=C(c3cccc(C4=CSC(=C5SC=CS5)S4)n3)S2)S1. The molecule has 1 aromatic heterocycles. The molecule has 0 atom stereocenters. The highest BCUT2D eigenvalue weighted by Gasteiger charge is 2.23. The highest BCUT2D eigenvalue weighted by atomic mass is 32.2. The number of hydrogen-bond donors (Lipinski definition) is 0. The molecule has 1 nitrogen and oxygen atoms in total. The molecule has 0 fully saturated rings. The summed E-state index contributed by atoms with van der Waals surface area (Å²) in [5.41, 5.74) is 2.13. The van der Waals surface area contributed by atoms with Crippen LogP contribution in [0.2, 0.25) is 0 Å². The molecule has 0 saturated carbocycles. The Hall–Kier alpha value is 0.390. The van der Waals surface area contributed by atoms with Crippen LogP contribution in [0.15, 0.2) is 67.6 Å². The maximum absolute atomic E-state index is 4.95. The van der Waals surface area contributed by atoms with Crippen LogP contribution in [0.1, 0.15) is 11.4 Å². The molecule has 26 heavy (non-hydrogen) atoms. The summed E-state index contributed by atoms with van der Waals surface area (Å²) in [6.45, 7) is 0. The van der Waals surface area contributed by atoms with Crippen molar-refractivity contribution in [3.8, 4) is 0 Å². The van der Waals surface area contributed by atoms with Crippen molar-refractivity contribution in [2.45, 2.75) is 0 Å². The van der Waals surface area contributed by atoms with Crippen molar-refractivity contribution >= 4 is 104 Å². The Balaban J connectivity index is 1.34. The molecule has 0 amide bonds. The summed E-state index contributed by atoms with van der Waals surface area (Å²) in [7, 11) is 0. The van der Waals surface area contributed by atoms with Gasteiger partial charge >= 0.3 is 0 Å². The van der Waals surface area contributed by atoms with Crippen molar-refractivity contribution in [3.63, 3.8) is 0 Å². The maximum atomic E-state index is 4.95. The highest BCUT2D eigenvalue weighted by molar-refractivity contribution is 8.35. The van der Waals surface area contributed by atoms with Gasteiger partial charge in [-0.2, -0.15) is 0 Å². The van der Waals surface area contributed by atoms with E-state index in [4.69, 9.17) is 4.98 Å². The van der Waals surface area contributed by atoms with E-state index in [9.17, 15) is 0 Å². The number of rotatable bonds is 2. The second-order valence-electron chi connectivity index (χ2n) is 4.98. The topological polar surface area (TPSA) is 12.9 Å². The minimum Gasteiger partial charge on any atom is -0.247 e. The highest BCUT2D eigenvalue weighted by Crippen LogP contribution is 2.57. The largest absolute Gasteiger partial charge is 0.247 e. The Morgan fingerprint density at radius 3 is 1.46 bits per heavy atom. The van der Waals surface area contributed by atoms with Gasteiger partial charge in [0, 0.05) is 9.81 Å². The van der Waals surface area contributed by atoms with E-state index >= 15 is 0 Å². The molecule has 0 spiro atoms. The molecule has 130 valence electrons. The van der Waals surface area contributed by atoms with Gasteiger partial charge in [-0.15, -0.1) is 0 Å². The van der Waals surface area contributed by atoms with Gasteiger partial charge in [-0.1, -0.05) is 100 Å². The number of aromatic nitrogens is 1. The summed E-state index contributed by atoms with van der Waals surface area (Å²) in [6.07, 6.45) is 0. The zero-order valence-corrected chi connectivity index (χ0v) is 19.4. The average Bonchev–Trinajstić information content (AvgIpc) is 3.49. The average molecular weight is 484 g/mol. The van der Waals surface area contributed by atoms with Crippen LogP contribution in [-0.2, 0) is 0 Å². The van der Waals surface area contributed by atoms with Crippen molar-refractivity contribution in [1.29, 1.82) is 0 Å². The standard InChI is InChI=1S/C17H9NS8/c1-2-10(12-8-23-16(25-12)14-19-4-5-20-14)18-11(3-1)13-9-24-17(26-13)15-21-6-7-22-15/h1-9H. The molecule has 0 bridgehead atoms. The maximum Gasteiger partial charge on any atom is 0.0782 e. The van der Waals surface area contributed by atoms with Crippen LogP contribution in [-0.4, -0.2) is 4.98 Å². The third-order valence-electron chi connectivity index (χ3n) is 3.35. The zero-order chi connectivity index (χ0) is 17.3. The van der Waals surface area contributed by atoms with Crippen LogP contribution in [0.25, 0.3) is 9.81 Å². The van der Waals surface area contributed by atoms with E-state index in [1.165, 1.54) is 26.8 Å². The molecule has 0 radical (unpaired) electrons. The van der Waals surface area contributed by atoms with Gasteiger partial charge in [0.15, 0.2) is 0 Å². The lowest BCUT2D eigenvalue weighted by molar-refractivity contribution is 1.26. The number of thioether (sulfide) groups is 8. The van der Waals surface area contributed by atoms with Gasteiger partial charge in [0.05, 0.1) is 28.3 Å². The van der Waals surface area contributed by atoms with Crippen molar-refractivity contribution < 1.29 is 0 Å². The minimum absolute atomic E-state index is 1.07.